The Balaban J connectivity index is 1.91. The maximum atomic E-state index is 11.7. The van der Waals surface area contributed by atoms with Crippen molar-refractivity contribution in [2.75, 3.05) is 19.6 Å². The second-order valence-electron chi connectivity index (χ2n) is 4.64. The van der Waals surface area contributed by atoms with Gasteiger partial charge in [-0.05, 0) is 44.5 Å². The van der Waals surface area contributed by atoms with E-state index < -0.39 is 0 Å². The highest BCUT2D eigenvalue weighted by molar-refractivity contribution is 5.07. The number of nitrogens with zero attached hydrogens (tertiary/aromatic N) is 2. The summed E-state index contributed by atoms with van der Waals surface area (Å²) in [7, 11) is 0. The number of hydrogen-bond donors (Lipinski definition) is 0. The van der Waals surface area contributed by atoms with Crippen LogP contribution in [0.25, 0.3) is 0 Å². The lowest BCUT2D eigenvalue weighted by atomic mass is 10.1. The Morgan fingerprint density at radius 3 is 2.62 bits per heavy atom. The lowest BCUT2D eigenvalue weighted by Gasteiger charge is -2.26. The van der Waals surface area contributed by atoms with Crippen LogP contribution in [0.2, 0.25) is 0 Å². The fourth-order valence-electron chi connectivity index (χ4n) is 2.22. The molecule has 0 bridgehead atoms. The van der Waals surface area contributed by atoms with E-state index in [-0.39, 0.29) is 5.56 Å². The van der Waals surface area contributed by atoms with E-state index in [1.807, 2.05) is 23.8 Å². The third-order valence-corrected chi connectivity index (χ3v) is 3.26. The topological polar surface area (TPSA) is 25.2 Å². The van der Waals surface area contributed by atoms with E-state index in [1.165, 1.54) is 32.4 Å². The molecule has 1 fully saturated rings. The van der Waals surface area contributed by atoms with E-state index >= 15 is 0 Å². The third-order valence-electron chi connectivity index (χ3n) is 3.26. The molecule has 0 amide bonds. The summed E-state index contributed by atoms with van der Waals surface area (Å²) in [5, 5.41) is 0. The lowest BCUT2D eigenvalue weighted by molar-refractivity contribution is 0.220. The monoisotopic (exact) mass is 220 g/mol. The highest BCUT2D eigenvalue weighted by Crippen LogP contribution is 2.07. The van der Waals surface area contributed by atoms with E-state index in [0.29, 0.717) is 0 Å². The summed E-state index contributed by atoms with van der Waals surface area (Å²) in [6.07, 6.45) is 5.88. The van der Waals surface area contributed by atoms with Crippen molar-refractivity contribution in [2.24, 2.45) is 0 Å². The minimum Gasteiger partial charge on any atom is -0.314 e. The van der Waals surface area contributed by atoms with E-state index in [2.05, 4.69) is 4.90 Å². The molecule has 0 aromatic carbocycles. The standard InChI is InChI=1S/C13H20N2O/c1-12-5-8-15(13(16)11-12)10-9-14-6-3-2-4-7-14/h5,8,11H,2-4,6-7,9-10H2,1H3. The first-order valence-corrected chi connectivity index (χ1v) is 6.15. The largest absolute Gasteiger partial charge is 0.314 e. The molecule has 0 radical (unpaired) electrons. The Bertz CT molecular complexity index is 391. The minimum atomic E-state index is 0.122. The molecule has 0 aliphatic carbocycles. The van der Waals surface area contributed by atoms with Crippen molar-refractivity contribution >= 4 is 0 Å². The number of rotatable bonds is 3. The van der Waals surface area contributed by atoms with Gasteiger partial charge >= 0.3 is 0 Å². The Labute approximate surface area is 96.7 Å². The first-order valence-electron chi connectivity index (χ1n) is 6.15. The normalized spacial score (nSPS) is 17.6. The van der Waals surface area contributed by atoms with Crippen LogP contribution in [-0.2, 0) is 6.54 Å². The van der Waals surface area contributed by atoms with Crippen LogP contribution in [0.1, 0.15) is 24.8 Å². The fraction of sp³-hybridized carbons (Fsp3) is 0.615. The molecule has 2 rings (SSSR count). The van der Waals surface area contributed by atoms with Gasteiger partial charge in [0.25, 0.3) is 5.56 Å². The number of hydrogen-bond acceptors (Lipinski definition) is 2. The van der Waals surface area contributed by atoms with Gasteiger partial charge in [-0.3, -0.25) is 4.79 Å². The summed E-state index contributed by atoms with van der Waals surface area (Å²) in [4.78, 5) is 14.1. The van der Waals surface area contributed by atoms with Crippen molar-refractivity contribution in [3.63, 3.8) is 0 Å². The molecule has 1 aliphatic heterocycles. The first-order chi connectivity index (χ1) is 7.75. The number of pyridine rings is 1. The summed E-state index contributed by atoms with van der Waals surface area (Å²) < 4.78 is 1.81. The van der Waals surface area contributed by atoms with E-state index in [4.69, 9.17) is 0 Å². The molecule has 0 unspecified atom stereocenters. The molecular weight excluding hydrogens is 200 g/mol. The molecule has 0 N–H and O–H groups in total. The van der Waals surface area contributed by atoms with Gasteiger partial charge in [-0.25, -0.2) is 0 Å². The summed E-state index contributed by atoms with van der Waals surface area (Å²) >= 11 is 0. The Kier molecular flexibility index (Phi) is 3.78. The van der Waals surface area contributed by atoms with Crippen molar-refractivity contribution in [1.29, 1.82) is 0 Å². The molecule has 1 aliphatic rings. The molecule has 0 saturated carbocycles. The van der Waals surface area contributed by atoms with Gasteiger partial charge in [0.05, 0.1) is 0 Å². The van der Waals surface area contributed by atoms with Crippen molar-refractivity contribution in [3.05, 3.63) is 34.2 Å². The summed E-state index contributed by atoms with van der Waals surface area (Å²) in [5.74, 6) is 0. The smallest absolute Gasteiger partial charge is 0.250 e. The molecule has 1 saturated heterocycles. The summed E-state index contributed by atoms with van der Waals surface area (Å²) in [6, 6.07) is 3.70. The highest BCUT2D eigenvalue weighted by Gasteiger charge is 2.09. The molecule has 2 heterocycles. The number of aromatic nitrogens is 1. The zero-order valence-corrected chi connectivity index (χ0v) is 9.98. The Morgan fingerprint density at radius 1 is 1.19 bits per heavy atom. The van der Waals surface area contributed by atoms with Crippen LogP contribution in [-0.4, -0.2) is 29.1 Å². The van der Waals surface area contributed by atoms with E-state index in [1.54, 1.807) is 6.07 Å². The lowest BCUT2D eigenvalue weighted by Crippen LogP contribution is -2.34. The van der Waals surface area contributed by atoms with Gasteiger partial charge < -0.3 is 9.47 Å². The van der Waals surface area contributed by atoms with Gasteiger partial charge in [0.15, 0.2) is 0 Å². The van der Waals surface area contributed by atoms with Gasteiger partial charge in [-0.15, -0.1) is 0 Å². The quantitative estimate of drug-likeness (QED) is 0.774. The molecule has 3 heteroatoms. The van der Waals surface area contributed by atoms with Crippen molar-refractivity contribution in [3.8, 4) is 0 Å². The Hall–Kier alpha value is -1.09. The molecule has 1 aromatic rings. The molecule has 3 nitrogen and oxygen atoms in total. The summed E-state index contributed by atoms with van der Waals surface area (Å²) in [5.41, 5.74) is 1.16. The van der Waals surface area contributed by atoms with Crippen molar-refractivity contribution in [2.45, 2.75) is 32.7 Å². The number of piperidine rings is 1. The van der Waals surface area contributed by atoms with Crippen molar-refractivity contribution < 1.29 is 0 Å². The minimum absolute atomic E-state index is 0.122. The second kappa shape index (κ2) is 5.30. The maximum Gasteiger partial charge on any atom is 0.250 e. The van der Waals surface area contributed by atoms with Gasteiger partial charge in [0.2, 0.25) is 0 Å². The average molecular weight is 220 g/mol. The molecule has 16 heavy (non-hydrogen) atoms. The van der Waals surface area contributed by atoms with Crippen LogP contribution >= 0.6 is 0 Å². The third kappa shape index (κ3) is 2.95. The first kappa shape index (κ1) is 11.4. The van der Waals surface area contributed by atoms with Crippen LogP contribution in [0.5, 0.6) is 0 Å². The van der Waals surface area contributed by atoms with Crippen LogP contribution in [0.15, 0.2) is 23.1 Å². The van der Waals surface area contributed by atoms with Crippen LogP contribution in [0, 0.1) is 6.92 Å². The second-order valence-corrected chi connectivity index (χ2v) is 4.64. The van der Waals surface area contributed by atoms with Crippen molar-refractivity contribution in [1.82, 2.24) is 9.47 Å². The predicted octanol–water partition coefficient (Wildman–Crippen LogP) is 1.64. The zero-order valence-electron chi connectivity index (χ0n) is 9.98. The molecular formula is C13H20N2O. The van der Waals surface area contributed by atoms with Gasteiger partial charge in [0, 0.05) is 25.4 Å². The molecule has 1 aromatic heterocycles. The van der Waals surface area contributed by atoms with Gasteiger partial charge in [0.1, 0.15) is 0 Å². The maximum absolute atomic E-state index is 11.7. The number of aryl methyl sites for hydroxylation is 1. The molecule has 0 atom stereocenters. The predicted molar refractivity (Wildman–Crippen MR) is 65.7 cm³/mol. The Morgan fingerprint density at radius 2 is 1.94 bits per heavy atom. The van der Waals surface area contributed by atoms with Crippen LogP contribution in [0.4, 0.5) is 0 Å². The molecule has 0 spiro atoms. The highest BCUT2D eigenvalue weighted by atomic mass is 16.1. The van der Waals surface area contributed by atoms with Crippen LogP contribution < -0.4 is 5.56 Å². The number of likely N-dealkylation sites (tertiary alicyclic amines) is 1. The fourth-order valence-corrected chi connectivity index (χ4v) is 2.22. The van der Waals surface area contributed by atoms with Gasteiger partial charge in [-0.1, -0.05) is 6.42 Å². The molecule has 88 valence electrons. The van der Waals surface area contributed by atoms with E-state index in [0.717, 1.165) is 18.7 Å². The summed E-state index contributed by atoms with van der Waals surface area (Å²) in [6.45, 7) is 6.17. The van der Waals surface area contributed by atoms with E-state index in [9.17, 15) is 4.79 Å². The van der Waals surface area contributed by atoms with Gasteiger partial charge in [-0.2, -0.15) is 0 Å². The average Bonchev–Trinajstić information content (AvgIpc) is 2.29. The van der Waals surface area contributed by atoms with Crippen LogP contribution in [0.3, 0.4) is 0 Å². The SMILES string of the molecule is Cc1ccn(CCN2CCCCC2)c(=O)c1. The zero-order chi connectivity index (χ0) is 11.4.